The highest BCUT2D eigenvalue weighted by atomic mass is 32.1. The second kappa shape index (κ2) is 8.01. The Morgan fingerprint density at radius 1 is 1.27 bits per heavy atom. The smallest absolute Gasteiger partial charge is 0.227 e. The lowest BCUT2D eigenvalue weighted by atomic mass is 10.2. The molecular weight excluding hydrogens is 348 g/mol. The van der Waals surface area contributed by atoms with Gasteiger partial charge in [-0.2, -0.15) is 9.97 Å². The molecule has 3 aromatic rings. The summed E-state index contributed by atoms with van der Waals surface area (Å²) in [5.41, 5.74) is 1.55. The van der Waals surface area contributed by atoms with Crippen molar-refractivity contribution in [3.05, 3.63) is 28.2 Å². The predicted octanol–water partition coefficient (Wildman–Crippen LogP) is 3.57. The Kier molecular flexibility index (Phi) is 5.73. The molecule has 0 aliphatic heterocycles. The minimum Gasteiger partial charge on any atom is -0.394 e. The number of fused-ring (bicyclic) bond motifs is 1. The Labute approximate surface area is 157 Å². The summed E-state index contributed by atoms with van der Waals surface area (Å²) in [7, 11) is 0. The van der Waals surface area contributed by atoms with Gasteiger partial charge in [0.05, 0.1) is 25.5 Å². The zero-order chi connectivity index (χ0) is 18.7. The van der Waals surface area contributed by atoms with Crippen molar-refractivity contribution in [1.29, 1.82) is 0 Å². The number of aryl methyl sites for hydroxylation is 1. The number of hydrogen-bond acceptors (Lipinski definition) is 7. The molecule has 3 rings (SSSR count). The molecule has 140 valence electrons. The third-order valence-electron chi connectivity index (χ3n) is 4.25. The molecule has 0 saturated carbocycles. The molecule has 0 spiro atoms. The summed E-state index contributed by atoms with van der Waals surface area (Å²) < 4.78 is 2.03. The Balaban J connectivity index is 1.95. The van der Waals surface area contributed by atoms with E-state index in [0.29, 0.717) is 18.3 Å². The molecule has 0 saturated heterocycles. The molecule has 0 radical (unpaired) electrons. The molecule has 3 heterocycles. The number of anilines is 2. The molecule has 1 unspecified atom stereocenters. The second-order valence-corrected chi connectivity index (χ2v) is 7.98. The normalized spacial score (nSPS) is 12.7. The lowest BCUT2D eigenvalue weighted by Crippen LogP contribution is -2.24. The van der Waals surface area contributed by atoms with E-state index in [1.165, 1.54) is 9.75 Å². The molecule has 0 fully saturated rings. The molecular formula is C18H26N6OS. The molecule has 26 heavy (non-hydrogen) atoms. The van der Waals surface area contributed by atoms with Gasteiger partial charge in [0.25, 0.3) is 0 Å². The molecule has 7 nitrogen and oxygen atoms in total. The highest BCUT2D eigenvalue weighted by Gasteiger charge is 2.16. The van der Waals surface area contributed by atoms with Crippen molar-refractivity contribution in [2.45, 2.75) is 52.7 Å². The second-order valence-electron chi connectivity index (χ2n) is 6.61. The summed E-state index contributed by atoms with van der Waals surface area (Å²) in [5, 5.41) is 16.1. The summed E-state index contributed by atoms with van der Waals surface area (Å²) in [6, 6.07) is 4.41. The first-order valence-electron chi connectivity index (χ1n) is 8.93. The highest BCUT2D eigenvalue weighted by Crippen LogP contribution is 2.25. The molecule has 3 N–H and O–H groups in total. The number of rotatable bonds is 8. The Hall–Kier alpha value is -2.19. The van der Waals surface area contributed by atoms with Gasteiger partial charge in [-0.25, -0.2) is 4.98 Å². The van der Waals surface area contributed by atoms with Gasteiger partial charge in [0.2, 0.25) is 5.95 Å². The first-order chi connectivity index (χ1) is 12.5. The van der Waals surface area contributed by atoms with Crippen molar-refractivity contribution in [2.24, 2.45) is 0 Å². The third-order valence-corrected chi connectivity index (χ3v) is 5.25. The molecule has 1 atom stereocenters. The van der Waals surface area contributed by atoms with Crippen molar-refractivity contribution >= 4 is 34.3 Å². The maximum Gasteiger partial charge on any atom is 0.227 e. The van der Waals surface area contributed by atoms with Crippen LogP contribution in [0.15, 0.2) is 18.5 Å². The van der Waals surface area contributed by atoms with Gasteiger partial charge in [0, 0.05) is 15.8 Å². The zero-order valence-corrected chi connectivity index (χ0v) is 16.5. The van der Waals surface area contributed by atoms with Gasteiger partial charge in [-0.3, -0.25) is 0 Å². The summed E-state index contributed by atoms with van der Waals surface area (Å²) in [4.78, 5) is 16.3. The van der Waals surface area contributed by atoms with Crippen LogP contribution in [0.2, 0.25) is 0 Å². The summed E-state index contributed by atoms with van der Waals surface area (Å²) in [6.45, 7) is 9.04. The maximum atomic E-state index is 9.48. The SMILES string of the molecule is CCC(CO)Nc1nc(NCc2ccc(C)s2)c2ncn(C(C)C)c2n1. The Morgan fingerprint density at radius 2 is 2.08 bits per heavy atom. The lowest BCUT2D eigenvalue weighted by molar-refractivity contribution is 0.271. The van der Waals surface area contributed by atoms with Gasteiger partial charge < -0.3 is 20.3 Å². The largest absolute Gasteiger partial charge is 0.394 e. The van der Waals surface area contributed by atoms with E-state index in [1.807, 2.05) is 11.5 Å². The highest BCUT2D eigenvalue weighted by molar-refractivity contribution is 7.11. The van der Waals surface area contributed by atoms with E-state index in [9.17, 15) is 5.11 Å². The molecule has 8 heteroatoms. The van der Waals surface area contributed by atoms with Crippen LogP contribution in [-0.4, -0.2) is 37.3 Å². The lowest BCUT2D eigenvalue weighted by Gasteiger charge is -2.16. The number of imidazole rings is 1. The van der Waals surface area contributed by atoms with Crippen LogP contribution < -0.4 is 10.6 Å². The summed E-state index contributed by atoms with van der Waals surface area (Å²) in [6.07, 6.45) is 2.59. The van der Waals surface area contributed by atoms with Crippen molar-refractivity contribution in [2.75, 3.05) is 17.2 Å². The predicted molar refractivity (Wildman–Crippen MR) is 107 cm³/mol. The maximum absolute atomic E-state index is 9.48. The number of hydrogen-bond donors (Lipinski definition) is 3. The monoisotopic (exact) mass is 374 g/mol. The molecule has 0 amide bonds. The van der Waals surface area contributed by atoms with Crippen LogP contribution >= 0.6 is 11.3 Å². The van der Waals surface area contributed by atoms with Crippen molar-refractivity contribution < 1.29 is 5.11 Å². The van der Waals surface area contributed by atoms with E-state index in [4.69, 9.17) is 0 Å². The van der Waals surface area contributed by atoms with E-state index in [1.54, 1.807) is 17.7 Å². The van der Waals surface area contributed by atoms with Gasteiger partial charge in [0.15, 0.2) is 17.0 Å². The average Bonchev–Trinajstić information content (AvgIpc) is 3.23. The number of aliphatic hydroxyl groups is 1. The fourth-order valence-corrected chi connectivity index (χ4v) is 3.52. The van der Waals surface area contributed by atoms with Crippen molar-refractivity contribution in [3.8, 4) is 0 Å². The van der Waals surface area contributed by atoms with Gasteiger partial charge >= 0.3 is 0 Å². The molecule has 0 aliphatic rings. The third kappa shape index (κ3) is 3.96. The fourth-order valence-electron chi connectivity index (χ4n) is 2.69. The summed E-state index contributed by atoms with van der Waals surface area (Å²) >= 11 is 1.76. The number of nitrogens with one attached hydrogen (secondary N) is 2. The molecule has 0 aromatic carbocycles. The van der Waals surface area contributed by atoms with E-state index in [2.05, 4.69) is 58.5 Å². The van der Waals surface area contributed by atoms with E-state index in [0.717, 1.165) is 17.6 Å². The number of thiophene rings is 1. The van der Waals surface area contributed by atoms with Crippen LogP contribution in [0.25, 0.3) is 11.2 Å². The minimum absolute atomic E-state index is 0.0403. The molecule has 3 aromatic heterocycles. The van der Waals surface area contributed by atoms with Crippen LogP contribution in [0.5, 0.6) is 0 Å². The van der Waals surface area contributed by atoms with Gasteiger partial charge in [-0.1, -0.05) is 6.92 Å². The van der Waals surface area contributed by atoms with Crippen LogP contribution in [-0.2, 0) is 6.54 Å². The Bertz CT molecular complexity index is 868. The zero-order valence-electron chi connectivity index (χ0n) is 15.7. The minimum atomic E-state index is -0.0735. The van der Waals surface area contributed by atoms with Crippen LogP contribution in [0.1, 0.15) is 43.0 Å². The van der Waals surface area contributed by atoms with Gasteiger partial charge in [0.1, 0.15) is 0 Å². The van der Waals surface area contributed by atoms with Crippen LogP contribution in [0, 0.1) is 6.92 Å². The standard InChI is InChI=1S/C18H26N6OS/c1-5-13(9-25)21-18-22-16(19-8-14-7-6-12(4)26-14)15-17(23-18)24(10-20-15)11(2)3/h6-7,10-11,13,25H,5,8-9H2,1-4H3,(H2,19,21,22,23). The van der Waals surface area contributed by atoms with E-state index in [-0.39, 0.29) is 18.7 Å². The molecule has 0 aliphatic carbocycles. The first kappa shape index (κ1) is 18.6. The number of nitrogens with zero attached hydrogens (tertiary/aromatic N) is 4. The Morgan fingerprint density at radius 3 is 2.69 bits per heavy atom. The van der Waals surface area contributed by atoms with Crippen LogP contribution in [0.4, 0.5) is 11.8 Å². The van der Waals surface area contributed by atoms with Crippen molar-refractivity contribution in [3.63, 3.8) is 0 Å². The van der Waals surface area contributed by atoms with Gasteiger partial charge in [-0.15, -0.1) is 11.3 Å². The van der Waals surface area contributed by atoms with E-state index < -0.39 is 0 Å². The van der Waals surface area contributed by atoms with Crippen LogP contribution in [0.3, 0.4) is 0 Å². The van der Waals surface area contributed by atoms with Crippen molar-refractivity contribution in [1.82, 2.24) is 19.5 Å². The topological polar surface area (TPSA) is 87.9 Å². The van der Waals surface area contributed by atoms with E-state index >= 15 is 0 Å². The first-order valence-corrected chi connectivity index (χ1v) is 9.74. The fraction of sp³-hybridized carbons (Fsp3) is 0.500. The summed E-state index contributed by atoms with van der Waals surface area (Å²) in [5.74, 6) is 1.21. The quantitative estimate of drug-likeness (QED) is 0.559. The molecule has 0 bridgehead atoms. The number of aliphatic hydroxyl groups excluding tert-OH is 1. The average molecular weight is 375 g/mol. The number of aromatic nitrogens is 4. The van der Waals surface area contributed by atoms with Gasteiger partial charge in [-0.05, 0) is 39.3 Å².